The molecule has 2 N–H and O–H groups in total. The summed E-state index contributed by atoms with van der Waals surface area (Å²) < 4.78 is 1.74. The quantitative estimate of drug-likeness (QED) is 0.485. The van der Waals surface area contributed by atoms with Crippen LogP contribution in [0.2, 0.25) is 0 Å². The average molecular weight is 460 g/mol. The molecule has 5 rings (SSSR count). The van der Waals surface area contributed by atoms with Crippen LogP contribution >= 0.6 is 0 Å². The van der Waals surface area contributed by atoms with Gasteiger partial charge in [0.2, 0.25) is 0 Å². The van der Waals surface area contributed by atoms with Crippen molar-refractivity contribution in [2.75, 3.05) is 38.1 Å². The molecule has 1 aliphatic rings. The third-order valence-corrected chi connectivity index (χ3v) is 6.81. The van der Waals surface area contributed by atoms with Crippen molar-refractivity contribution in [2.24, 2.45) is 0 Å². The number of nitrogens with one attached hydrogen (secondary N) is 2. The van der Waals surface area contributed by atoms with E-state index in [0.717, 1.165) is 66.3 Å². The van der Waals surface area contributed by atoms with E-state index in [1.54, 1.807) is 23.8 Å². The Kier molecular flexibility index (Phi) is 5.57. The molecule has 3 aromatic heterocycles. The number of pyridine rings is 1. The van der Waals surface area contributed by atoms with Crippen molar-refractivity contribution in [3.05, 3.63) is 68.9 Å². The van der Waals surface area contributed by atoms with E-state index in [2.05, 4.69) is 43.2 Å². The van der Waals surface area contributed by atoms with Crippen LogP contribution in [0.5, 0.6) is 0 Å². The molecule has 4 aromatic rings. The third kappa shape index (κ3) is 3.71. The van der Waals surface area contributed by atoms with Gasteiger partial charge in [0.1, 0.15) is 11.2 Å². The minimum absolute atomic E-state index is 0.109. The fourth-order valence-corrected chi connectivity index (χ4v) is 4.84. The zero-order valence-corrected chi connectivity index (χ0v) is 20.0. The van der Waals surface area contributed by atoms with E-state index < -0.39 is 0 Å². The van der Waals surface area contributed by atoms with Gasteiger partial charge in [-0.1, -0.05) is 6.07 Å². The predicted molar refractivity (Wildman–Crippen MR) is 133 cm³/mol. The molecule has 0 aliphatic carbocycles. The van der Waals surface area contributed by atoms with Gasteiger partial charge in [-0.3, -0.25) is 14.5 Å². The standard InChI is InChI=1S/C25H29N7O2/c1-15-13-27-32-21-7-5-18(16(2)22(21)29-25(34)23(15)32)14-30-9-11-31(12-10-30)20-8-6-19(24(33)26-4)28-17(20)3/h5-8,13H,9-12,14H2,1-4H3,(H,26,33)(H,29,34). The number of hydrogen-bond acceptors (Lipinski definition) is 6. The Morgan fingerprint density at radius 1 is 1.09 bits per heavy atom. The van der Waals surface area contributed by atoms with E-state index >= 15 is 0 Å². The van der Waals surface area contributed by atoms with E-state index in [1.807, 2.05) is 26.0 Å². The molecule has 9 heteroatoms. The highest BCUT2D eigenvalue weighted by atomic mass is 16.1. The second-order valence-corrected chi connectivity index (χ2v) is 8.93. The van der Waals surface area contributed by atoms with Crippen LogP contribution in [0.25, 0.3) is 16.6 Å². The number of piperazine rings is 1. The van der Waals surface area contributed by atoms with Crippen LogP contribution in [0.3, 0.4) is 0 Å². The molecule has 4 heterocycles. The maximum absolute atomic E-state index is 12.6. The van der Waals surface area contributed by atoms with E-state index in [4.69, 9.17) is 0 Å². The van der Waals surface area contributed by atoms with Crippen molar-refractivity contribution in [2.45, 2.75) is 27.3 Å². The topological polar surface area (TPSA) is 98.6 Å². The number of rotatable bonds is 4. The lowest BCUT2D eigenvalue weighted by molar-refractivity contribution is 0.0958. The molecule has 1 aromatic carbocycles. The Hall–Kier alpha value is -3.72. The molecule has 0 saturated carbocycles. The van der Waals surface area contributed by atoms with Gasteiger partial charge in [0.05, 0.1) is 28.6 Å². The molecule has 0 radical (unpaired) electrons. The molecule has 9 nitrogen and oxygen atoms in total. The predicted octanol–water partition coefficient (Wildman–Crippen LogP) is 2.18. The number of H-pyrrole nitrogens is 1. The van der Waals surface area contributed by atoms with Gasteiger partial charge < -0.3 is 15.2 Å². The molecule has 176 valence electrons. The van der Waals surface area contributed by atoms with Gasteiger partial charge in [0.15, 0.2) is 0 Å². The van der Waals surface area contributed by atoms with E-state index in [0.29, 0.717) is 11.2 Å². The molecular formula is C25H29N7O2. The highest BCUT2D eigenvalue weighted by Crippen LogP contribution is 2.24. The van der Waals surface area contributed by atoms with Gasteiger partial charge in [0.25, 0.3) is 11.5 Å². The van der Waals surface area contributed by atoms with Crippen LogP contribution in [0.1, 0.15) is 32.9 Å². The number of hydrogen-bond donors (Lipinski definition) is 2. The lowest BCUT2D eigenvalue weighted by Crippen LogP contribution is -2.46. The Bertz CT molecular complexity index is 1460. The first-order chi connectivity index (χ1) is 16.4. The molecule has 0 unspecified atom stereocenters. The fourth-order valence-electron chi connectivity index (χ4n) is 4.84. The highest BCUT2D eigenvalue weighted by Gasteiger charge is 2.21. The Morgan fingerprint density at radius 2 is 1.85 bits per heavy atom. The third-order valence-electron chi connectivity index (χ3n) is 6.81. The first-order valence-electron chi connectivity index (χ1n) is 11.5. The van der Waals surface area contributed by atoms with Gasteiger partial charge in [-0.25, -0.2) is 9.50 Å². The van der Waals surface area contributed by atoms with Crippen LogP contribution < -0.4 is 15.8 Å². The number of nitrogens with zero attached hydrogens (tertiary/aromatic N) is 5. The van der Waals surface area contributed by atoms with E-state index in [9.17, 15) is 9.59 Å². The summed E-state index contributed by atoms with van der Waals surface area (Å²) in [6.45, 7) is 10.3. The number of aromatic nitrogens is 4. The van der Waals surface area contributed by atoms with Crippen molar-refractivity contribution < 1.29 is 4.79 Å². The smallest absolute Gasteiger partial charge is 0.274 e. The molecule has 1 aliphatic heterocycles. The number of carbonyl (C=O) groups excluding carboxylic acids is 1. The highest BCUT2D eigenvalue weighted by molar-refractivity contribution is 5.92. The van der Waals surface area contributed by atoms with E-state index in [1.165, 1.54) is 5.56 Å². The molecule has 34 heavy (non-hydrogen) atoms. The summed E-state index contributed by atoms with van der Waals surface area (Å²) >= 11 is 0. The van der Waals surface area contributed by atoms with Crippen LogP contribution in [0.15, 0.2) is 35.3 Å². The Labute approximate surface area is 197 Å². The fraction of sp³-hybridized carbons (Fsp3) is 0.360. The number of aryl methyl sites for hydroxylation is 3. The number of fused-ring (bicyclic) bond motifs is 3. The summed E-state index contributed by atoms with van der Waals surface area (Å²) in [4.78, 5) is 36.8. The molecule has 0 bridgehead atoms. The second-order valence-electron chi connectivity index (χ2n) is 8.93. The van der Waals surface area contributed by atoms with Crippen LogP contribution in [-0.2, 0) is 6.54 Å². The van der Waals surface area contributed by atoms with Crippen molar-refractivity contribution in [3.63, 3.8) is 0 Å². The number of anilines is 1. The number of aromatic amines is 1. The van der Waals surface area contributed by atoms with Crippen LogP contribution in [-0.4, -0.2) is 63.6 Å². The van der Waals surface area contributed by atoms with Crippen LogP contribution in [0.4, 0.5) is 5.69 Å². The normalized spacial score (nSPS) is 14.8. The summed E-state index contributed by atoms with van der Waals surface area (Å²) in [5.74, 6) is -0.171. The number of benzene rings is 1. The minimum Gasteiger partial charge on any atom is -0.368 e. The van der Waals surface area contributed by atoms with Gasteiger partial charge in [-0.05, 0) is 50.1 Å². The molecule has 1 amide bonds. The van der Waals surface area contributed by atoms with Gasteiger partial charge in [-0.15, -0.1) is 0 Å². The zero-order chi connectivity index (χ0) is 24.0. The number of amides is 1. The maximum Gasteiger partial charge on any atom is 0.274 e. The summed E-state index contributed by atoms with van der Waals surface area (Å²) in [5.41, 5.74) is 7.78. The molecular weight excluding hydrogens is 430 g/mol. The van der Waals surface area contributed by atoms with Crippen molar-refractivity contribution >= 4 is 28.1 Å². The first kappa shape index (κ1) is 22.1. The van der Waals surface area contributed by atoms with Gasteiger partial charge >= 0.3 is 0 Å². The molecule has 1 saturated heterocycles. The minimum atomic E-state index is -0.171. The van der Waals surface area contributed by atoms with E-state index in [-0.39, 0.29) is 11.5 Å². The molecule has 0 atom stereocenters. The second kappa shape index (κ2) is 8.57. The van der Waals surface area contributed by atoms with Crippen molar-refractivity contribution in [3.8, 4) is 0 Å². The largest absolute Gasteiger partial charge is 0.368 e. The van der Waals surface area contributed by atoms with Gasteiger partial charge in [0, 0.05) is 45.3 Å². The first-order valence-corrected chi connectivity index (χ1v) is 11.5. The van der Waals surface area contributed by atoms with Crippen molar-refractivity contribution in [1.82, 2.24) is 29.8 Å². The average Bonchev–Trinajstić information content (AvgIpc) is 3.23. The Balaban J connectivity index is 1.32. The Morgan fingerprint density at radius 3 is 2.56 bits per heavy atom. The number of carbonyl (C=O) groups is 1. The summed E-state index contributed by atoms with van der Waals surface area (Å²) in [6.07, 6.45) is 1.73. The summed E-state index contributed by atoms with van der Waals surface area (Å²) in [5, 5.41) is 7.03. The zero-order valence-electron chi connectivity index (χ0n) is 20.0. The SMILES string of the molecule is CNC(=O)c1ccc(N2CCN(Cc3ccc4c([nH]c(=O)c5c(C)cnn54)c3C)CC2)c(C)n1. The lowest BCUT2D eigenvalue weighted by Gasteiger charge is -2.36. The van der Waals surface area contributed by atoms with Gasteiger partial charge in [-0.2, -0.15) is 5.10 Å². The molecule has 1 fully saturated rings. The van der Waals surface area contributed by atoms with Crippen LogP contribution in [0, 0.1) is 20.8 Å². The summed E-state index contributed by atoms with van der Waals surface area (Å²) in [6, 6.07) is 7.96. The summed E-state index contributed by atoms with van der Waals surface area (Å²) in [7, 11) is 1.61. The molecule has 0 spiro atoms. The maximum atomic E-state index is 12.6. The lowest BCUT2D eigenvalue weighted by atomic mass is 10.1. The monoisotopic (exact) mass is 459 g/mol. The van der Waals surface area contributed by atoms with Crippen molar-refractivity contribution in [1.29, 1.82) is 0 Å².